The SMILES string of the molecule is O=C1C(=O)N(CN2CCN(c3ccc(F)cc3)CC2)c2cc3c(cc21)OCCO3. The molecular weight excluding hydrogens is 377 g/mol. The molecule has 3 aliphatic rings. The molecule has 8 heteroatoms. The Balaban J connectivity index is 1.30. The van der Waals surface area contributed by atoms with Crippen LogP contribution >= 0.6 is 0 Å². The smallest absolute Gasteiger partial charge is 0.300 e. The second-order valence-corrected chi connectivity index (χ2v) is 7.30. The van der Waals surface area contributed by atoms with E-state index in [9.17, 15) is 14.0 Å². The molecule has 29 heavy (non-hydrogen) atoms. The number of amides is 1. The molecule has 2 aromatic carbocycles. The molecule has 0 bridgehead atoms. The van der Waals surface area contributed by atoms with Crippen LogP contribution in [0.1, 0.15) is 10.4 Å². The molecule has 0 N–H and O–H groups in total. The third-order valence-electron chi connectivity index (χ3n) is 5.54. The minimum atomic E-state index is -0.525. The quantitative estimate of drug-likeness (QED) is 0.738. The van der Waals surface area contributed by atoms with E-state index in [-0.39, 0.29) is 5.82 Å². The van der Waals surface area contributed by atoms with Crippen molar-refractivity contribution >= 4 is 23.1 Å². The summed E-state index contributed by atoms with van der Waals surface area (Å²) >= 11 is 0. The van der Waals surface area contributed by atoms with Crippen molar-refractivity contribution in [1.82, 2.24) is 4.90 Å². The lowest BCUT2D eigenvalue weighted by Gasteiger charge is -2.37. The van der Waals surface area contributed by atoms with Crippen molar-refractivity contribution in [2.45, 2.75) is 0 Å². The monoisotopic (exact) mass is 397 g/mol. The minimum absolute atomic E-state index is 0.250. The molecule has 0 spiro atoms. The van der Waals surface area contributed by atoms with Crippen molar-refractivity contribution in [2.24, 2.45) is 0 Å². The first-order valence-electron chi connectivity index (χ1n) is 9.63. The van der Waals surface area contributed by atoms with Gasteiger partial charge in [0.15, 0.2) is 11.5 Å². The number of Topliss-reactive ketones (excluding diaryl/α,β-unsaturated/α-hetero) is 1. The number of nitrogens with zero attached hydrogens (tertiary/aromatic N) is 3. The third-order valence-corrected chi connectivity index (χ3v) is 5.54. The molecule has 0 aromatic heterocycles. The van der Waals surface area contributed by atoms with Gasteiger partial charge >= 0.3 is 5.91 Å². The van der Waals surface area contributed by atoms with Gasteiger partial charge in [-0.3, -0.25) is 19.4 Å². The van der Waals surface area contributed by atoms with Gasteiger partial charge in [0.05, 0.1) is 17.9 Å². The van der Waals surface area contributed by atoms with E-state index in [1.165, 1.54) is 17.0 Å². The van der Waals surface area contributed by atoms with Crippen LogP contribution in [0.5, 0.6) is 11.5 Å². The van der Waals surface area contributed by atoms with E-state index in [1.54, 1.807) is 24.3 Å². The van der Waals surface area contributed by atoms with E-state index in [2.05, 4.69) is 9.80 Å². The normalized spacial score (nSPS) is 18.9. The predicted octanol–water partition coefficient (Wildman–Crippen LogP) is 1.91. The summed E-state index contributed by atoms with van der Waals surface area (Å²) in [6, 6.07) is 9.79. The van der Waals surface area contributed by atoms with Crippen molar-refractivity contribution in [2.75, 3.05) is 55.9 Å². The lowest BCUT2D eigenvalue weighted by atomic mass is 10.1. The van der Waals surface area contributed by atoms with Gasteiger partial charge in [0.25, 0.3) is 5.78 Å². The first-order chi connectivity index (χ1) is 14.1. The number of ether oxygens (including phenoxy) is 2. The number of anilines is 2. The Morgan fingerprint density at radius 1 is 0.897 bits per heavy atom. The van der Waals surface area contributed by atoms with E-state index in [4.69, 9.17) is 9.47 Å². The molecule has 0 aliphatic carbocycles. The van der Waals surface area contributed by atoms with Gasteiger partial charge in [-0.2, -0.15) is 0 Å². The van der Waals surface area contributed by atoms with E-state index in [0.29, 0.717) is 42.6 Å². The van der Waals surface area contributed by atoms with Crippen molar-refractivity contribution in [1.29, 1.82) is 0 Å². The van der Waals surface area contributed by atoms with Gasteiger partial charge in [0, 0.05) is 37.9 Å². The summed E-state index contributed by atoms with van der Waals surface area (Å²) in [5.74, 6) is -0.223. The van der Waals surface area contributed by atoms with E-state index in [0.717, 1.165) is 31.9 Å². The number of carbonyl (C=O) groups is 2. The molecule has 3 aliphatic heterocycles. The largest absolute Gasteiger partial charge is 0.486 e. The zero-order chi connectivity index (χ0) is 20.0. The molecule has 2 aromatic rings. The van der Waals surface area contributed by atoms with Gasteiger partial charge in [0.1, 0.15) is 19.0 Å². The molecule has 0 saturated carbocycles. The van der Waals surface area contributed by atoms with Gasteiger partial charge in [-0.1, -0.05) is 0 Å². The van der Waals surface area contributed by atoms with Crippen molar-refractivity contribution in [3.8, 4) is 11.5 Å². The van der Waals surface area contributed by atoms with Crippen LogP contribution in [-0.2, 0) is 4.79 Å². The average molecular weight is 397 g/mol. The number of hydrogen-bond donors (Lipinski definition) is 0. The highest BCUT2D eigenvalue weighted by Crippen LogP contribution is 2.40. The fourth-order valence-corrected chi connectivity index (χ4v) is 3.97. The summed E-state index contributed by atoms with van der Waals surface area (Å²) in [7, 11) is 0. The van der Waals surface area contributed by atoms with E-state index >= 15 is 0 Å². The lowest BCUT2D eigenvalue weighted by molar-refractivity contribution is -0.114. The molecule has 3 heterocycles. The highest BCUT2D eigenvalue weighted by molar-refractivity contribution is 6.52. The number of fused-ring (bicyclic) bond motifs is 2. The lowest BCUT2D eigenvalue weighted by Crippen LogP contribution is -2.51. The van der Waals surface area contributed by atoms with Crippen LogP contribution in [0.25, 0.3) is 0 Å². The number of piperazine rings is 1. The molecule has 1 saturated heterocycles. The topological polar surface area (TPSA) is 62.3 Å². The van der Waals surface area contributed by atoms with E-state index in [1.807, 2.05) is 0 Å². The van der Waals surface area contributed by atoms with Crippen molar-refractivity contribution in [3.05, 3.63) is 47.8 Å². The van der Waals surface area contributed by atoms with Gasteiger partial charge in [-0.05, 0) is 30.3 Å². The van der Waals surface area contributed by atoms with Crippen LogP contribution in [0, 0.1) is 5.82 Å². The summed E-state index contributed by atoms with van der Waals surface area (Å²) in [5.41, 5.74) is 1.92. The molecule has 0 radical (unpaired) electrons. The van der Waals surface area contributed by atoms with Crippen LogP contribution in [0.2, 0.25) is 0 Å². The molecule has 150 valence electrons. The zero-order valence-electron chi connectivity index (χ0n) is 15.8. The maximum Gasteiger partial charge on any atom is 0.300 e. The Kier molecular flexibility index (Phi) is 4.35. The summed E-state index contributed by atoms with van der Waals surface area (Å²) in [6.45, 7) is 4.19. The first-order valence-corrected chi connectivity index (χ1v) is 9.63. The summed E-state index contributed by atoms with van der Waals surface area (Å²) in [5, 5.41) is 0. The van der Waals surface area contributed by atoms with Crippen molar-refractivity contribution < 1.29 is 23.5 Å². The fraction of sp³-hybridized carbons (Fsp3) is 0.333. The van der Waals surface area contributed by atoms with Crippen LogP contribution < -0.4 is 19.3 Å². The van der Waals surface area contributed by atoms with Crippen LogP contribution in [-0.4, -0.2) is 62.7 Å². The molecule has 1 amide bonds. The number of carbonyl (C=O) groups excluding carboxylic acids is 2. The zero-order valence-corrected chi connectivity index (χ0v) is 15.8. The van der Waals surface area contributed by atoms with E-state index < -0.39 is 11.7 Å². The number of ketones is 1. The van der Waals surface area contributed by atoms with Gasteiger partial charge in [0.2, 0.25) is 0 Å². The van der Waals surface area contributed by atoms with Crippen LogP contribution in [0.4, 0.5) is 15.8 Å². The van der Waals surface area contributed by atoms with Gasteiger partial charge < -0.3 is 14.4 Å². The number of benzene rings is 2. The Labute approximate surface area is 167 Å². The first kappa shape index (κ1) is 17.9. The number of rotatable bonds is 3. The number of halogens is 1. The molecule has 0 atom stereocenters. The second kappa shape index (κ2) is 7.04. The second-order valence-electron chi connectivity index (χ2n) is 7.30. The predicted molar refractivity (Wildman–Crippen MR) is 104 cm³/mol. The highest BCUT2D eigenvalue weighted by atomic mass is 19.1. The van der Waals surface area contributed by atoms with Crippen LogP contribution in [0.15, 0.2) is 36.4 Å². The summed E-state index contributed by atoms with van der Waals surface area (Å²) < 4.78 is 24.3. The maximum atomic E-state index is 13.1. The highest BCUT2D eigenvalue weighted by Gasteiger charge is 2.38. The standard InChI is InChI=1S/C21H20FN3O4/c22-14-1-3-15(4-2-14)24-7-5-23(6-8-24)13-25-17-12-19-18(28-9-10-29-19)11-16(17)20(26)21(25)27/h1-4,11-12H,5-10,13H2. The third kappa shape index (κ3) is 3.19. The summed E-state index contributed by atoms with van der Waals surface area (Å²) in [4.78, 5) is 30.9. The molecular formula is C21H20FN3O4. The Morgan fingerprint density at radius 3 is 2.24 bits per heavy atom. The summed E-state index contributed by atoms with van der Waals surface area (Å²) in [6.07, 6.45) is 0. The average Bonchev–Trinajstić information content (AvgIpc) is 2.98. The van der Waals surface area contributed by atoms with Crippen molar-refractivity contribution in [3.63, 3.8) is 0 Å². The van der Waals surface area contributed by atoms with Crippen LogP contribution in [0.3, 0.4) is 0 Å². The molecule has 7 nitrogen and oxygen atoms in total. The van der Waals surface area contributed by atoms with Gasteiger partial charge in [-0.25, -0.2) is 4.39 Å². The Morgan fingerprint density at radius 2 is 1.55 bits per heavy atom. The molecule has 5 rings (SSSR count). The molecule has 1 fully saturated rings. The Bertz CT molecular complexity index is 971. The number of hydrogen-bond acceptors (Lipinski definition) is 6. The van der Waals surface area contributed by atoms with Gasteiger partial charge in [-0.15, -0.1) is 0 Å². The minimum Gasteiger partial charge on any atom is -0.486 e. The fourth-order valence-electron chi connectivity index (χ4n) is 3.97. The maximum absolute atomic E-state index is 13.1. The Hall–Kier alpha value is -3.13. The molecule has 0 unspecified atom stereocenters.